The predicted molar refractivity (Wildman–Crippen MR) is 117 cm³/mol. The Morgan fingerprint density at radius 3 is 2.31 bits per heavy atom. The van der Waals surface area contributed by atoms with Gasteiger partial charge in [0.25, 0.3) is 0 Å². The van der Waals surface area contributed by atoms with Gasteiger partial charge in [0.1, 0.15) is 17.1 Å². The van der Waals surface area contributed by atoms with Crippen LogP contribution in [0.2, 0.25) is 10.0 Å². The van der Waals surface area contributed by atoms with Gasteiger partial charge in [-0.25, -0.2) is 4.98 Å². The van der Waals surface area contributed by atoms with E-state index in [1.807, 2.05) is 42.7 Å². The van der Waals surface area contributed by atoms with E-state index in [4.69, 9.17) is 27.9 Å². The van der Waals surface area contributed by atoms with Crippen LogP contribution >= 0.6 is 23.2 Å². The molecule has 0 spiro atoms. The summed E-state index contributed by atoms with van der Waals surface area (Å²) in [4.78, 5) is 4.66. The first-order valence-corrected chi connectivity index (χ1v) is 10.1. The first-order valence-electron chi connectivity index (χ1n) is 9.35. The van der Waals surface area contributed by atoms with Crippen LogP contribution in [0.4, 0.5) is 0 Å². The van der Waals surface area contributed by atoms with Gasteiger partial charge in [0, 0.05) is 34.4 Å². The molecule has 29 heavy (non-hydrogen) atoms. The molecule has 1 aliphatic heterocycles. The summed E-state index contributed by atoms with van der Waals surface area (Å²) in [6.07, 6.45) is 4.65. The minimum absolute atomic E-state index is 0.464. The average Bonchev–Trinajstić information content (AvgIpc) is 3.32. The zero-order chi connectivity index (χ0) is 20.0. The van der Waals surface area contributed by atoms with Crippen molar-refractivity contribution in [1.82, 2.24) is 9.55 Å². The van der Waals surface area contributed by atoms with Crippen molar-refractivity contribution in [3.63, 3.8) is 0 Å². The Labute approximate surface area is 179 Å². The standard InChI is InChI=1S/C24H18Cl2N2O/c1-29-20-10-11-21-22(14-20)24(28-13-12-27-23(21)28,17-4-8-19(26)9-5-17)15-16-2-6-18(25)7-3-16/h2-14H,15H2,1H3. The number of ether oxygens (including phenoxy) is 1. The summed E-state index contributed by atoms with van der Waals surface area (Å²) in [6.45, 7) is 0. The number of hydrogen-bond donors (Lipinski definition) is 0. The maximum atomic E-state index is 6.21. The summed E-state index contributed by atoms with van der Waals surface area (Å²) < 4.78 is 7.82. The van der Waals surface area contributed by atoms with Crippen LogP contribution in [-0.2, 0) is 12.0 Å². The number of fused-ring (bicyclic) bond motifs is 3. The number of rotatable bonds is 4. The third-order valence-electron chi connectivity index (χ3n) is 5.66. The van der Waals surface area contributed by atoms with Gasteiger partial charge in [-0.05, 0) is 59.2 Å². The summed E-state index contributed by atoms with van der Waals surface area (Å²) >= 11 is 12.3. The van der Waals surface area contributed by atoms with Crippen LogP contribution in [-0.4, -0.2) is 16.7 Å². The second kappa shape index (κ2) is 6.94. The maximum Gasteiger partial charge on any atom is 0.141 e. The fraction of sp³-hybridized carbons (Fsp3) is 0.125. The van der Waals surface area contributed by atoms with Crippen molar-refractivity contribution < 1.29 is 4.74 Å². The monoisotopic (exact) mass is 420 g/mol. The van der Waals surface area contributed by atoms with E-state index in [9.17, 15) is 0 Å². The number of halogens is 2. The molecule has 144 valence electrons. The van der Waals surface area contributed by atoms with Crippen molar-refractivity contribution in [2.45, 2.75) is 12.0 Å². The molecular formula is C24H18Cl2N2O. The van der Waals surface area contributed by atoms with E-state index in [-0.39, 0.29) is 0 Å². The highest BCUT2D eigenvalue weighted by molar-refractivity contribution is 6.30. The van der Waals surface area contributed by atoms with Gasteiger partial charge in [0.15, 0.2) is 0 Å². The van der Waals surface area contributed by atoms with Gasteiger partial charge in [-0.15, -0.1) is 0 Å². The highest BCUT2D eigenvalue weighted by Gasteiger charge is 2.45. The molecule has 1 atom stereocenters. The molecule has 0 N–H and O–H groups in total. The van der Waals surface area contributed by atoms with E-state index < -0.39 is 5.54 Å². The van der Waals surface area contributed by atoms with E-state index >= 15 is 0 Å². The second-order valence-electron chi connectivity index (χ2n) is 7.20. The topological polar surface area (TPSA) is 27.1 Å². The zero-order valence-electron chi connectivity index (χ0n) is 15.8. The molecule has 0 saturated heterocycles. The zero-order valence-corrected chi connectivity index (χ0v) is 17.3. The third-order valence-corrected chi connectivity index (χ3v) is 6.16. The molecule has 5 rings (SSSR count). The Kier molecular flexibility index (Phi) is 4.38. The lowest BCUT2D eigenvalue weighted by atomic mass is 9.78. The molecule has 0 bridgehead atoms. The molecular weight excluding hydrogens is 403 g/mol. The molecule has 5 heteroatoms. The van der Waals surface area contributed by atoms with Gasteiger partial charge < -0.3 is 9.30 Å². The molecule has 0 saturated carbocycles. The van der Waals surface area contributed by atoms with Crippen LogP contribution in [0.15, 0.2) is 79.1 Å². The van der Waals surface area contributed by atoms with Gasteiger partial charge >= 0.3 is 0 Å². The normalized spacial score (nSPS) is 17.1. The minimum Gasteiger partial charge on any atom is -0.497 e. The number of methoxy groups -OCH3 is 1. The first kappa shape index (κ1) is 18.3. The fourth-order valence-corrected chi connectivity index (χ4v) is 4.58. The molecule has 0 amide bonds. The van der Waals surface area contributed by atoms with E-state index in [2.05, 4.69) is 45.9 Å². The maximum absolute atomic E-state index is 6.21. The number of hydrogen-bond acceptors (Lipinski definition) is 2. The average molecular weight is 421 g/mol. The Bertz CT molecular complexity index is 1180. The summed E-state index contributed by atoms with van der Waals surface area (Å²) in [5, 5.41) is 1.44. The van der Waals surface area contributed by atoms with Crippen molar-refractivity contribution in [2.75, 3.05) is 7.11 Å². The molecule has 1 aliphatic rings. The molecule has 1 aromatic heterocycles. The Morgan fingerprint density at radius 2 is 1.62 bits per heavy atom. The molecule has 3 aromatic carbocycles. The van der Waals surface area contributed by atoms with E-state index in [1.54, 1.807) is 7.11 Å². The first-order chi connectivity index (χ1) is 14.1. The van der Waals surface area contributed by atoms with Crippen molar-refractivity contribution in [1.29, 1.82) is 0 Å². The summed E-state index contributed by atoms with van der Waals surface area (Å²) in [5.41, 5.74) is 4.13. The van der Waals surface area contributed by atoms with Gasteiger partial charge in [0.2, 0.25) is 0 Å². The van der Waals surface area contributed by atoms with Crippen LogP contribution in [0.1, 0.15) is 16.7 Å². The van der Waals surface area contributed by atoms with Crippen molar-refractivity contribution in [3.8, 4) is 17.1 Å². The Hall–Kier alpha value is -2.75. The predicted octanol–water partition coefficient (Wildman–Crippen LogP) is 6.21. The summed E-state index contributed by atoms with van der Waals surface area (Å²) in [7, 11) is 1.69. The number of nitrogens with zero attached hydrogens (tertiary/aromatic N) is 2. The van der Waals surface area contributed by atoms with Gasteiger partial charge in [-0.3, -0.25) is 0 Å². The molecule has 0 fully saturated rings. The van der Waals surface area contributed by atoms with Crippen LogP contribution < -0.4 is 4.74 Å². The molecule has 0 aliphatic carbocycles. The van der Waals surface area contributed by atoms with Gasteiger partial charge in [-0.1, -0.05) is 47.5 Å². The van der Waals surface area contributed by atoms with Crippen LogP contribution in [0, 0.1) is 0 Å². The van der Waals surface area contributed by atoms with Crippen LogP contribution in [0.5, 0.6) is 5.75 Å². The molecule has 1 unspecified atom stereocenters. The molecule has 0 radical (unpaired) electrons. The number of aromatic nitrogens is 2. The third kappa shape index (κ3) is 2.85. The van der Waals surface area contributed by atoms with Gasteiger partial charge in [0.05, 0.1) is 7.11 Å². The van der Waals surface area contributed by atoms with Crippen LogP contribution in [0.3, 0.4) is 0 Å². The highest BCUT2D eigenvalue weighted by atomic mass is 35.5. The molecule has 4 aromatic rings. The molecule has 3 nitrogen and oxygen atoms in total. The Balaban J connectivity index is 1.81. The molecule has 2 heterocycles. The van der Waals surface area contributed by atoms with Crippen molar-refractivity contribution >= 4 is 23.2 Å². The lowest BCUT2D eigenvalue weighted by Gasteiger charge is -2.34. The summed E-state index contributed by atoms with van der Waals surface area (Å²) in [5.74, 6) is 1.77. The van der Waals surface area contributed by atoms with Crippen LogP contribution in [0.25, 0.3) is 11.4 Å². The second-order valence-corrected chi connectivity index (χ2v) is 8.08. The van der Waals surface area contributed by atoms with Gasteiger partial charge in [-0.2, -0.15) is 0 Å². The smallest absolute Gasteiger partial charge is 0.141 e. The van der Waals surface area contributed by atoms with E-state index in [0.29, 0.717) is 5.02 Å². The van der Waals surface area contributed by atoms with E-state index in [0.717, 1.165) is 39.7 Å². The van der Waals surface area contributed by atoms with Crippen molar-refractivity contribution in [2.24, 2.45) is 0 Å². The highest BCUT2D eigenvalue weighted by Crippen LogP contribution is 2.50. The Morgan fingerprint density at radius 1 is 0.931 bits per heavy atom. The minimum atomic E-state index is -0.464. The number of imidazole rings is 1. The number of benzene rings is 3. The van der Waals surface area contributed by atoms with Crippen molar-refractivity contribution in [3.05, 3.63) is 106 Å². The lowest BCUT2D eigenvalue weighted by Crippen LogP contribution is -2.35. The summed E-state index contributed by atoms with van der Waals surface area (Å²) in [6, 6.07) is 22.3. The fourth-order valence-electron chi connectivity index (χ4n) is 4.33. The quantitative estimate of drug-likeness (QED) is 0.392. The SMILES string of the molecule is COc1ccc2c(c1)C(Cc1ccc(Cl)cc1)(c1ccc(Cl)cc1)n1ccnc1-2. The largest absolute Gasteiger partial charge is 0.497 e. The van der Waals surface area contributed by atoms with E-state index in [1.165, 1.54) is 5.56 Å². The lowest BCUT2D eigenvalue weighted by molar-refractivity contribution is 0.409.